The van der Waals surface area contributed by atoms with E-state index in [1.165, 1.54) is 9.13 Å². The summed E-state index contributed by atoms with van der Waals surface area (Å²) in [6.07, 6.45) is 3.68. The highest BCUT2D eigenvalue weighted by atomic mass is 127. The van der Waals surface area contributed by atoms with Gasteiger partial charge < -0.3 is 5.32 Å². The van der Waals surface area contributed by atoms with Crippen molar-refractivity contribution in [2.45, 2.75) is 13.0 Å². The van der Waals surface area contributed by atoms with Gasteiger partial charge in [0.2, 0.25) is 0 Å². The van der Waals surface area contributed by atoms with Crippen LogP contribution in [-0.4, -0.2) is 11.5 Å². The fourth-order valence-corrected chi connectivity index (χ4v) is 2.72. The van der Waals surface area contributed by atoms with Crippen molar-refractivity contribution < 1.29 is 0 Å². The second-order valence-electron chi connectivity index (χ2n) is 3.94. The minimum absolute atomic E-state index is 0.134. The molecular weight excluding hydrogens is 359 g/mol. The Kier molecular flexibility index (Phi) is 4.97. The van der Waals surface area contributed by atoms with E-state index in [4.69, 9.17) is 11.6 Å². The molecule has 1 N–H and O–H groups in total. The van der Waals surface area contributed by atoms with Crippen LogP contribution < -0.4 is 5.32 Å². The quantitative estimate of drug-likeness (QED) is 0.820. The van der Waals surface area contributed by atoms with Gasteiger partial charge in [0.1, 0.15) is 0 Å². The maximum atomic E-state index is 6.10. The highest BCUT2D eigenvalue weighted by Gasteiger charge is 2.16. The Morgan fingerprint density at radius 1 is 1.39 bits per heavy atom. The van der Waals surface area contributed by atoms with Crippen LogP contribution in [0.25, 0.3) is 0 Å². The molecule has 0 spiro atoms. The average molecular weight is 373 g/mol. The largest absolute Gasteiger partial charge is 0.306 e. The van der Waals surface area contributed by atoms with Gasteiger partial charge in [-0.3, -0.25) is 4.98 Å². The van der Waals surface area contributed by atoms with Gasteiger partial charge in [-0.05, 0) is 64.5 Å². The molecule has 1 aromatic carbocycles. The Balaban J connectivity index is 2.44. The summed E-state index contributed by atoms with van der Waals surface area (Å²) in [5.41, 5.74) is 2.34. The molecule has 4 heteroatoms. The Labute approximate surface area is 126 Å². The third-order valence-electron chi connectivity index (χ3n) is 2.70. The standard InChI is InChI=1S/C14H14ClIN2/c1-2-18-14(10-4-3-7-17-9-10)12-8-11(15)5-6-13(12)16/h3-9,14,18H,2H2,1H3. The van der Waals surface area contributed by atoms with Gasteiger partial charge in [0.25, 0.3) is 0 Å². The number of nitrogens with zero attached hydrogens (tertiary/aromatic N) is 1. The lowest BCUT2D eigenvalue weighted by Gasteiger charge is -2.20. The second-order valence-corrected chi connectivity index (χ2v) is 5.54. The highest BCUT2D eigenvalue weighted by molar-refractivity contribution is 14.1. The molecule has 0 amide bonds. The molecule has 0 aliphatic carbocycles. The van der Waals surface area contributed by atoms with Crippen LogP contribution in [0.2, 0.25) is 5.02 Å². The normalized spacial score (nSPS) is 12.4. The predicted octanol–water partition coefficient (Wildman–Crippen LogP) is 4.04. The summed E-state index contributed by atoms with van der Waals surface area (Å²) < 4.78 is 1.20. The lowest BCUT2D eigenvalue weighted by molar-refractivity contribution is 0.626. The van der Waals surface area contributed by atoms with E-state index in [-0.39, 0.29) is 6.04 Å². The summed E-state index contributed by atoms with van der Waals surface area (Å²) in [5, 5.41) is 4.24. The first-order valence-electron chi connectivity index (χ1n) is 5.80. The fraction of sp³-hybridized carbons (Fsp3) is 0.214. The number of hydrogen-bond acceptors (Lipinski definition) is 2. The summed E-state index contributed by atoms with van der Waals surface area (Å²) >= 11 is 8.44. The lowest BCUT2D eigenvalue weighted by atomic mass is 10.0. The molecule has 0 aliphatic heterocycles. The smallest absolute Gasteiger partial charge is 0.0602 e. The number of nitrogens with one attached hydrogen (secondary N) is 1. The van der Waals surface area contributed by atoms with Crippen LogP contribution in [0.5, 0.6) is 0 Å². The molecular formula is C14H14ClIN2. The third kappa shape index (κ3) is 3.22. The highest BCUT2D eigenvalue weighted by Crippen LogP contribution is 2.28. The molecule has 0 bridgehead atoms. The molecule has 0 radical (unpaired) electrons. The number of rotatable bonds is 4. The summed E-state index contributed by atoms with van der Waals surface area (Å²) in [6.45, 7) is 2.99. The number of pyridine rings is 1. The number of hydrogen-bond donors (Lipinski definition) is 1. The first kappa shape index (κ1) is 13.8. The number of aromatic nitrogens is 1. The first-order valence-corrected chi connectivity index (χ1v) is 7.26. The van der Waals surface area contributed by atoms with Gasteiger partial charge in [-0.15, -0.1) is 0 Å². The van der Waals surface area contributed by atoms with E-state index in [2.05, 4.69) is 45.9 Å². The average Bonchev–Trinajstić information content (AvgIpc) is 2.40. The van der Waals surface area contributed by atoms with Crippen molar-refractivity contribution in [1.82, 2.24) is 10.3 Å². The molecule has 0 saturated carbocycles. The molecule has 0 aliphatic rings. The van der Waals surface area contributed by atoms with Crippen molar-refractivity contribution in [2.24, 2.45) is 0 Å². The van der Waals surface area contributed by atoms with Crippen molar-refractivity contribution in [1.29, 1.82) is 0 Å². The first-order chi connectivity index (χ1) is 8.72. The van der Waals surface area contributed by atoms with Crippen molar-refractivity contribution in [2.75, 3.05) is 6.54 Å². The zero-order valence-electron chi connectivity index (χ0n) is 10.0. The van der Waals surface area contributed by atoms with Crippen LogP contribution in [0.1, 0.15) is 24.1 Å². The van der Waals surface area contributed by atoms with Gasteiger partial charge in [-0.25, -0.2) is 0 Å². The molecule has 2 rings (SSSR count). The minimum atomic E-state index is 0.134. The molecule has 1 unspecified atom stereocenters. The topological polar surface area (TPSA) is 24.9 Å². The number of benzene rings is 1. The van der Waals surface area contributed by atoms with Crippen LogP contribution in [0.15, 0.2) is 42.7 Å². The van der Waals surface area contributed by atoms with E-state index in [0.29, 0.717) is 0 Å². The van der Waals surface area contributed by atoms with Crippen LogP contribution in [0.3, 0.4) is 0 Å². The van der Waals surface area contributed by atoms with Crippen molar-refractivity contribution in [3.05, 3.63) is 62.4 Å². The molecule has 1 atom stereocenters. The summed E-state index contributed by atoms with van der Waals surface area (Å²) in [5.74, 6) is 0. The monoisotopic (exact) mass is 372 g/mol. The van der Waals surface area contributed by atoms with Crippen molar-refractivity contribution in [3.8, 4) is 0 Å². The molecule has 94 valence electrons. The van der Waals surface area contributed by atoms with Crippen molar-refractivity contribution >= 4 is 34.2 Å². The van der Waals surface area contributed by atoms with Crippen molar-refractivity contribution in [3.63, 3.8) is 0 Å². The van der Waals surface area contributed by atoms with Gasteiger partial charge in [0.15, 0.2) is 0 Å². The molecule has 1 aromatic heterocycles. The maximum absolute atomic E-state index is 6.10. The minimum Gasteiger partial charge on any atom is -0.306 e. The number of halogens is 2. The van der Waals surface area contributed by atoms with Crippen LogP contribution in [-0.2, 0) is 0 Å². The maximum Gasteiger partial charge on any atom is 0.0602 e. The van der Waals surface area contributed by atoms with Gasteiger partial charge in [-0.2, -0.15) is 0 Å². The molecule has 2 nitrogen and oxygen atoms in total. The Morgan fingerprint density at radius 2 is 2.22 bits per heavy atom. The fourth-order valence-electron chi connectivity index (χ4n) is 1.89. The van der Waals surface area contributed by atoms with Gasteiger partial charge in [0.05, 0.1) is 6.04 Å². The van der Waals surface area contributed by atoms with Gasteiger partial charge in [-0.1, -0.05) is 24.6 Å². The van der Waals surface area contributed by atoms with Crippen LogP contribution in [0.4, 0.5) is 0 Å². The zero-order valence-corrected chi connectivity index (χ0v) is 12.9. The predicted molar refractivity (Wildman–Crippen MR) is 83.9 cm³/mol. The third-order valence-corrected chi connectivity index (χ3v) is 3.91. The molecule has 0 fully saturated rings. The lowest BCUT2D eigenvalue weighted by Crippen LogP contribution is -2.23. The Bertz CT molecular complexity index is 516. The Morgan fingerprint density at radius 3 is 2.89 bits per heavy atom. The molecule has 2 aromatic rings. The van der Waals surface area contributed by atoms with Crippen LogP contribution >= 0.6 is 34.2 Å². The Hall–Kier alpha value is -0.650. The van der Waals surface area contributed by atoms with E-state index in [0.717, 1.165) is 17.1 Å². The molecule has 0 saturated heterocycles. The van der Waals surface area contributed by atoms with E-state index >= 15 is 0 Å². The van der Waals surface area contributed by atoms with Crippen LogP contribution in [0, 0.1) is 3.57 Å². The van der Waals surface area contributed by atoms with E-state index in [1.807, 2.05) is 30.5 Å². The SMILES string of the molecule is CCNC(c1cccnc1)c1cc(Cl)ccc1I. The second kappa shape index (κ2) is 6.50. The van der Waals surface area contributed by atoms with Gasteiger partial charge >= 0.3 is 0 Å². The van der Waals surface area contributed by atoms with E-state index in [9.17, 15) is 0 Å². The zero-order chi connectivity index (χ0) is 13.0. The van der Waals surface area contributed by atoms with Gasteiger partial charge in [0, 0.05) is 21.0 Å². The summed E-state index contributed by atoms with van der Waals surface area (Å²) in [6, 6.07) is 10.1. The summed E-state index contributed by atoms with van der Waals surface area (Å²) in [7, 11) is 0. The molecule has 1 heterocycles. The van der Waals surface area contributed by atoms with E-state index < -0.39 is 0 Å². The summed E-state index contributed by atoms with van der Waals surface area (Å²) in [4.78, 5) is 4.19. The van der Waals surface area contributed by atoms with E-state index in [1.54, 1.807) is 6.20 Å². The molecule has 18 heavy (non-hydrogen) atoms.